The number of hydrogen-bond acceptors (Lipinski definition) is 4. The van der Waals surface area contributed by atoms with E-state index in [0.29, 0.717) is 16.9 Å². The molecule has 1 fully saturated rings. The number of carboxylic acid groups (broad SMARTS) is 1. The van der Waals surface area contributed by atoms with E-state index in [1.165, 1.54) is 18.2 Å². The van der Waals surface area contributed by atoms with Crippen molar-refractivity contribution in [3.05, 3.63) is 59.3 Å². The quantitative estimate of drug-likeness (QED) is 0.710. The van der Waals surface area contributed by atoms with Crippen LogP contribution in [0.15, 0.2) is 52.3 Å². The highest BCUT2D eigenvalue weighted by molar-refractivity contribution is 7.91. The number of nitrogens with one attached hydrogen (secondary N) is 1. The maximum absolute atomic E-state index is 13.1. The Balaban J connectivity index is 1.82. The van der Waals surface area contributed by atoms with Gasteiger partial charge < -0.3 is 15.0 Å². The van der Waals surface area contributed by atoms with Crippen molar-refractivity contribution in [2.45, 2.75) is 41.1 Å². The van der Waals surface area contributed by atoms with Crippen LogP contribution in [0.3, 0.4) is 0 Å². The lowest BCUT2D eigenvalue weighted by Gasteiger charge is -2.23. The summed E-state index contributed by atoms with van der Waals surface area (Å²) < 4.78 is 28.2. The lowest BCUT2D eigenvalue weighted by Crippen LogP contribution is -2.32. The second kappa shape index (κ2) is 5.93. The van der Waals surface area contributed by atoms with Gasteiger partial charge in [-0.05, 0) is 42.7 Å². The molecule has 5 rings (SSSR count). The van der Waals surface area contributed by atoms with Crippen LogP contribution in [0.5, 0.6) is 0 Å². The van der Waals surface area contributed by atoms with Crippen molar-refractivity contribution in [1.82, 2.24) is 9.88 Å². The Labute approximate surface area is 162 Å². The van der Waals surface area contributed by atoms with Crippen LogP contribution >= 0.6 is 0 Å². The maximum atomic E-state index is 13.1. The van der Waals surface area contributed by atoms with Crippen molar-refractivity contribution in [1.29, 1.82) is 0 Å². The van der Waals surface area contributed by atoms with Gasteiger partial charge in [0.05, 0.1) is 20.9 Å². The highest BCUT2D eigenvalue weighted by Crippen LogP contribution is 2.43. The largest absolute Gasteiger partial charge is 0.478 e. The minimum Gasteiger partial charge on any atom is -0.478 e. The molecule has 1 saturated heterocycles. The number of fused-ring (bicyclic) bond motifs is 6. The fraction of sp³-hybridized carbons (Fsp3) is 0.286. The van der Waals surface area contributed by atoms with Crippen LogP contribution in [0, 0.1) is 0 Å². The average Bonchev–Trinajstić information content (AvgIpc) is 3.21. The van der Waals surface area contributed by atoms with Crippen LogP contribution < -0.4 is 5.32 Å². The number of nitrogens with zero attached hydrogens (tertiary/aromatic N) is 1. The third-order valence-corrected chi connectivity index (χ3v) is 7.81. The maximum Gasteiger partial charge on any atom is 0.336 e. The minimum atomic E-state index is -3.81. The molecule has 6 nitrogen and oxygen atoms in total. The first-order valence-corrected chi connectivity index (χ1v) is 10.8. The Hall–Kier alpha value is -2.64. The van der Waals surface area contributed by atoms with Crippen LogP contribution in [0.4, 0.5) is 0 Å². The van der Waals surface area contributed by atoms with E-state index in [2.05, 4.69) is 5.32 Å². The zero-order chi connectivity index (χ0) is 19.6. The van der Waals surface area contributed by atoms with Gasteiger partial charge in [-0.1, -0.05) is 18.2 Å². The summed E-state index contributed by atoms with van der Waals surface area (Å²) in [7, 11) is -1.91. The van der Waals surface area contributed by atoms with E-state index in [9.17, 15) is 18.3 Å². The lowest BCUT2D eigenvalue weighted by atomic mass is 9.96. The van der Waals surface area contributed by atoms with E-state index in [4.69, 9.17) is 0 Å². The number of carboxylic acids is 1. The molecular formula is C21H20N2O4S. The zero-order valence-electron chi connectivity index (χ0n) is 15.3. The van der Waals surface area contributed by atoms with Gasteiger partial charge >= 0.3 is 5.97 Å². The minimum absolute atomic E-state index is 0.0136. The number of benzene rings is 2. The zero-order valence-corrected chi connectivity index (χ0v) is 16.2. The van der Waals surface area contributed by atoms with E-state index in [0.717, 1.165) is 30.5 Å². The summed E-state index contributed by atoms with van der Waals surface area (Å²) in [4.78, 5) is 12.3. The molecule has 144 valence electrons. The summed E-state index contributed by atoms with van der Waals surface area (Å²) in [5.41, 5.74) is 2.84. The highest BCUT2D eigenvalue weighted by Gasteiger charge is 2.37. The van der Waals surface area contributed by atoms with Gasteiger partial charge in [-0.3, -0.25) is 0 Å². The van der Waals surface area contributed by atoms with Crippen molar-refractivity contribution in [2.24, 2.45) is 7.05 Å². The van der Waals surface area contributed by atoms with Gasteiger partial charge in [0.1, 0.15) is 0 Å². The molecule has 7 heteroatoms. The van der Waals surface area contributed by atoms with Crippen molar-refractivity contribution >= 4 is 26.7 Å². The van der Waals surface area contributed by atoms with Gasteiger partial charge in [0.15, 0.2) is 0 Å². The number of aromatic nitrogens is 1. The molecule has 3 aromatic rings. The fourth-order valence-corrected chi connectivity index (χ4v) is 6.07. The van der Waals surface area contributed by atoms with Crippen LogP contribution in [-0.4, -0.2) is 30.1 Å². The van der Waals surface area contributed by atoms with E-state index in [-0.39, 0.29) is 21.4 Å². The van der Waals surface area contributed by atoms with E-state index < -0.39 is 15.8 Å². The van der Waals surface area contributed by atoms with Gasteiger partial charge in [0.2, 0.25) is 9.84 Å². The van der Waals surface area contributed by atoms with E-state index in [1.807, 2.05) is 11.6 Å². The first kappa shape index (κ1) is 17.5. The first-order chi connectivity index (χ1) is 13.4. The monoisotopic (exact) mass is 396 g/mol. The Morgan fingerprint density at radius 1 is 1.14 bits per heavy atom. The standard InChI is InChI=1S/C21H20N2O4S/c1-23-17-9-12-7-8-16(22-12)20(17)19-15(21(24)25)10-14(11-18(19)23)28(26,27)13-5-3-2-4-6-13/h2-6,10-12,16,22H,7-9H2,1H3,(H,24,25). The smallest absolute Gasteiger partial charge is 0.336 e. The second-order valence-corrected chi connectivity index (χ2v) is 9.55. The molecular weight excluding hydrogens is 376 g/mol. The summed E-state index contributed by atoms with van der Waals surface area (Å²) in [6, 6.07) is 11.6. The summed E-state index contributed by atoms with van der Waals surface area (Å²) >= 11 is 0. The molecule has 0 saturated carbocycles. The predicted molar refractivity (Wildman–Crippen MR) is 104 cm³/mol. The van der Waals surface area contributed by atoms with Crippen molar-refractivity contribution < 1.29 is 18.3 Å². The van der Waals surface area contributed by atoms with Gasteiger partial charge in [-0.2, -0.15) is 0 Å². The molecule has 0 radical (unpaired) electrons. The Morgan fingerprint density at radius 2 is 1.89 bits per heavy atom. The van der Waals surface area contributed by atoms with Crippen LogP contribution in [0.2, 0.25) is 0 Å². The number of rotatable bonds is 3. The van der Waals surface area contributed by atoms with Gasteiger partial charge in [0, 0.05) is 36.6 Å². The van der Waals surface area contributed by atoms with Crippen molar-refractivity contribution in [3.8, 4) is 0 Å². The molecule has 2 atom stereocenters. The SMILES string of the molecule is Cn1c2c(c3c(C(=O)O)cc(S(=O)(=O)c4ccccc4)cc31)C1CCC(C2)N1. The number of aryl methyl sites for hydroxylation is 1. The third-order valence-electron chi connectivity index (χ3n) is 6.06. The molecule has 2 N–H and O–H groups in total. The summed E-state index contributed by atoms with van der Waals surface area (Å²) in [6.45, 7) is 0. The molecule has 1 aromatic heterocycles. The molecule has 0 aliphatic carbocycles. The molecule has 0 spiro atoms. The lowest BCUT2D eigenvalue weighted by molar-refractivity contribution is 0.0698. The van der Waals surface area contributed by atoms with E-state index in [1.54, 1.807) is 24.3 Å². The molecule has 2 unspecified atom stereocenters. The second-order valence-electron chi connectivity index (χ2n) is 7.60. The van der Waals surface area contributed by atoms with Gasteiger partial charge in [-0.15, -0.1) is 0 Å². The molecule has 28 heavy (non-hydrogen) atoms. The fourth-order valence-electron chi connectivity index (χ4n) is 4.74. The Bertz CT molecular complexity index is 1230. The highest BCUT2D eigenvalue weighted by atomic mass is 32.2. The topological polar surface area (TPSA) is 88.4 Å². The summed E-state index contributed by atoms with van der Waals surface area (Å²) in [6.07, 6.45) is 2.88. The Morgan fingerprint density at radius 3 is 2.61 bits per heavy atom. The molecule has 2 bridgehead atoms. The first-order valence-electron chi connectivity index (χ1n) is 9.32. The molecule has 3 heterocycles. The van der Waals surface area contributed by atoms with Crippen LogP contribution in [0.1, 0.15) is 40.5 Å². The third kappa shape index (κ3) is 2.36. The molecule has 2 aliphatic rings. The number of sulfone groups is 1. The molecule has 2 aromatic carbocycles. The average molecular weight is 396 g/mol. The number of hydrogen-bond donors (Lipinski definition) is 2. The summed E-state index contributed by atoms with van der Waals surface area (Å²) in [5, 5.41) is 14.1. The molecule has 0 amide bonds. The Kier molecular flexibility index (Phi) is 3.70. The number of carbonyl (C=O) groups is 1. The van der Waals surface area contributed by atoms with Gasteiger partial charge in [0.25, 0.3) is 0 Å². The van der Waals surface area contributed by atoms with Crippen molar-refractivity contribution in [2.75, 3.05) is 0 Å². The van der Waals surface area contributed by atoms with Crippen LogP contribution in [0.25, 0.3) is 10.9 Å². The van der Waals surface area contributed by atoms with E-state index >= 15 is 0 Å². The van der Waals surface area contributed by atoms with Gasteiger partial charge in [-0.25, -0.2) is 13.2 Å². The normalized spacial score (nSPS) is 21.0. The predicted octanol–water partition coefficient (Wildman–Crippen LogP) is 3.06. The number of aromatic carboxylic acids is 1. The van der Waals surface area contributed by atoms with Crippen LogP contribution in [-0.2, 0) is 23.3 Å². The van der Waals surface area contributed by atoms with Crippen molar-refractivity contribution in [3.63, 3.8) is 0 Å². The summed E-state index contributed by atoms with van der Waals surface area (Å²) in [5.74, 6) is -1.11. The molecule has 2 aliphatic heterocycles.